The largest absolute Gasteiger partial charge is 0.504 e. The molecule has 21 heavy (non-hydrogen) atoms. The minimum absolute atomic E-state index is 0.201. The maximum absolute atomic E-state index is 11.7. The van der Waals surface area contributed by atoms with Gasteiger partial charge in [-0.1, -0.05) is 36.4 Å². The Hall–Kier alpha value is -2.75. The van der Waals surface area contributed by atoms with Gasteiger partial charge in [0.05, 0.1) is 0 Å². The summed E-state index contributed by atoms with van der Waals surface area (Å²) in [5.74, 6) is -0.908. The van der Waals surface area contributed by atoms with Gasteiger partial charge in [-0.05, 0) is 36.3 Å². The van der Waals surface area contributed by atoms with Crippen LogP contribution in [0.4, 0.5) is 0 Å². The molecule has 0 radical (unpaired) electrons. The molecule has 2 aromatic carbocycles. The molecule has 2 rings (SSSR count). The molecule has 4 nitrogen and oxygen atoms in total. The van der Waals surface area contributed by atoms with Crippen molar-refractivity contribution in [1.29, 1.82) is 0 Å². The maximum atomic E-state index is 11.7. The summed E-state index contributed by atoms with van der Waals surface area (Å²) < 4.78 is 5.27. The van der Waals surface area contributed by atoms with Crippen LogP contribution in [0.2, 0.25) is 0 Å². The summed E-state index contributed by atoms with van der Waals surface area (Å²) in [5, 5.41) is 18.6. The Morgan fingerprint density at radius 2 is 1.81 bits per heavy atom. The van der Waals surface area contributed by atoms with E-state index < -0.39 is 5.97 Å². The zero-order valence-electron chi connectivity index (χ0n) is 11.6. The molecule has 1 unspecified atom stereocenters. The quantitative estimate of drug-likeness (QED) is 0.513. The summed E-state index contributed by atoms with van der Waals surface area (Å²) in [5.41, 5.74) is 1.51. The topological polar surface area (TPSA) is 66.8 Å². The van der Waals surface area contributed by atoms with Gasteiger partial charge >= 0.3 is 5.97 Å². The van der Waals surface area contributed by atoms with Gasteiger partial charge in [-0.25, -0.2) is 4.79 Å². The van der Waals surface area contributed by atoms with E-state index in [0.29, 0.717) is 5.56 Å². The second kappa shape index (κ2) is 6.61. The van der Waals surface area contributed by atoms with Crippen LogP contribution in [0.25, 0.3) is 6.08 Å². The van der Waals surface area contributed by atoms with Crippen LogP contribution in [0.1, 0.15) is 24.2 Å². The van der Waals surface area contributed by atoms with E-state index in [2.05, 4.69) is 0 Å². The van der Waals surface area contributed by atoms with Gasteiger partial charge in [-0.2, -0.15) is 0 Å². The number of esters is 1. The Labute approximate surface area is 122 Å². The number of benzene rings is 2. The van der Waals surface area contributed by atoms with Crippen molar-refractivity contribution in [2.45, 2.75) is 13.0 Å². The lowest BCUT2D eigenvalue weighted by Gasteiger charge is -2.11. The van der Waals surface area contributed by atoms with E-state index >= 15 is 0 Å². The Morgan fingerprint density at radius 3 is 2.48 bits per heavy atom. The highest BCUT2D eigenvalue weighted by Gasteiger charge is 2.08. The van der Waals surface area contributed by atoms with Gasteiger partial charge in [0.1, 0.15) is 6.10 Å². The molecule has 0 saturated heterocycles. The third-order valence-electron chi connectivity index (χ3n) is 2.97. The predicted molar refractivity (Wildman–Crippen MR) is 79.8 cm³/mol. The van der Waals surface area contributed by atoms with Gasteiger partial charge in [0.2, 0.25) is 0 Å². The minimum atomic E-state index is -0.473. The lowest BCUT2D eigenvalue weighted by Crippen LogP contribution is -2.05. The number of ether oxygens (including phenoxy) is 1. The van der Waals surface area contributed by atoms with Gasteiger partial charge in [0, 0.05) is 6.08 Å². The first-order valence-corrected chi connectivity index (χ1v) is 6.52. The molecule has 0 heterocycles. The molecule has 1 atom stereocenters. The molecule has 0 aliphatic rings. The van der Waals surface area contributed by atoms with Crippen molar-refractivity contribution in [3.05, 3.63) is 65.7 Å². The Morgan fingerprint density at radius 1 is 1.10 bits per heavy atom. The highest BCUT2D eigenvalue weighted by Crippen LogP contribution is 2.25. The zero-order valence-corrected chi connectivity index (χ0v) is 11.6. The van der Waals surface area contributed by atoms with Crippen LogP contribution in [-0.4, -0.2) is 16.2 Å². The summed E-state index contributed by atoms with van der Waals surface area (Å²) in [6, 6.07) is 13.7. The molecule has 4 heteroatoms. The number of carbonyl (C=O) groups is 1. The third-order valence-corrected chi connectivity index (χ3v) is 2.97. The van der Waals surface area contributed by atoms with Gasteiger partial charge in [0.25, 0.3) is 0 Å². The van der Waals surface area contributed by atoms with Crippen LogP contribution in [0.15, 0.2) is 54.6 Å². The second-order valence-corrected chi connectivity index (χ2v) is 4.57. The van der Waals surface area contributed by atoms with Gasteiger partial charge in [0.15, 0.2) is 11.5 Å². The standard InChI is InChI=1S/C17H16O4/c1-12(14-5-3-2-4-6-14)21-17(20)10-8-13-7-9-15(18)16(19)11-13/h2-12,18-19H,1H3/b10-8+. The summed E-state index contributed by atoms with van der Waals surface area (Å²) in [6.45, 7) is 1.80. The van der Waals surface area contributed by atoms with E-state index in [-0.39, 0.29) is 17.6 Å². The van der Waals surface area contributed by atoms with Crippen molar-refractivity contribution in [3.63, 3.8) is 0 Å². The average Bonchev–Trinajstić information content (AvgIpc) is 2.49. The van der Waals surface area contributed by atoms with E-state index in [1.807, 2.05) is 30.3 Å². The van der Waals surface area contributed by atoms with Gasteiger partial charge < -0.3 is 14.9 Å². The van der Waals surface area contributed by atoms with E-state index in [4.69, 9.17) is 4.74 Å². The van der Waals surface area contributed by atoms with Crippen molar-refractivity contribution in [2.24, 2.45) is 0 Å². The van der Waals surface area contributed by atoms with Crippen molar-refractivity contribution in [3.8, 4) is 11.5 Å². The van der Waals surface area contributed by atoms with Crippen LogP contribution in [0.3, 0.4) is 0 Å². The molecular weight excluding hydrogens is 268 g/mol. The molecule has 0 spiro atoms. The number of carbonyl (C=O) groups excluding carboxylic acids is 1. The number of phenolic OH excluding ortho intramolecular Hbond substituents is 2. The fraction of sp³-hybridized carbons (Fsp3) is 0.118. The number of hydrogen-bond acceptors (Lipinski definition) is 4. The Kier molecular flexibility index (Phi) is 4.61. The molecule has 0 fully saturated rings. The first-order chi connectivity index (χ1) is 10.1. The molecule has 2 aromatic rings. The molecule has 2 N–H and O–H groups in total. The van der Waals surface area contributed by atoms with Gasteiger partial charge in [-0.3, -0.25) is 0 Å². The van der Waals surface area contributed by atoms with Crippen molar-refractivity contribution in [2.75, 3.05) is 0 Å². The van der Waals surface area contributed by atoms with E-state index in [0.717, 1.165) is 5.56 Å². The molecule has 108 valence electrons. The van der Waals surface area contributed by atoms with E-state index in [1.165, 1.54) is 24.3 Å². The summed E-state index contributed by atoms with van der Waals surface area (Å²) >= 11 is 0. The lowest BCUT2D eigenvalue weighted by atomic mass is 10.1. The number of aromatic hydroxyl groups is 2. The summed E-state index contributed by atoms with van der Waals surface area (Å²) in [7, 11) is 0. The number of phenols is 2. The lowest BCUT2D eigenvalue weighted by molar-refractivity contribution is -0.142. The summed E-state index contributed by atoms with van der Waals surface area (Å²) in [6.07, 6.45) is 2.46. The van der Waals surface area contributed by atoms with Crippen LogP contribution in [0.5, 0.6) is 11.5 Å². The fourth-order valence-electron chi connectivity index (χ4n) is 1.81. The van der Waals surface area contributed by atoms with Crippen molar-refractivity contribution in [1.82, 2.24) is 0 Å². The predicted octanol–water partition coefficient (Wildman–Crippen LogP) is 3.42. The second-order valence-electron chi connectivity index (χ2n) is 4.57. The first-order valence-electron chi connectivity index (χ1n) is 6.52. The fourth-order valence-corrected chi connectivity index (χ4v) is 1.81. The molecular formula is C17H16O4. The van der Waals surface area contributed by atoms with Crippen LogP contribution in [0, 0.1) is 0 Å². The number of rotatable bonds is 4. The van der Waals surface area contributed by atoms with Crippen LogP contribution in [-0.2, 0) is 9.53 Å². The third kappa shape index (κ3) is 4.11. The highest BCUT2D eigenvalue weighted by molar-refractivity contribution is 5.87. The molecule has 0 amide bonds. The zero-order chi connectivity index (χ0) is 15.2. The minimum Gasteiger partial charge on any atom is -0.504 e. The van der Waals surface area contributed by atoms with Crippen molar-refractivity contribution >= 4 is 12.0 Å². The smallest absolute Gasteiger partial charge is 0.331 e. The molecule has 0 aromatic heterocycles. The molecule has 0 aliphatic heterocycles. The maximum Gasteiger partial charge on any atom is 0.331 e. The molecule has 0 aliphatic carbocycles. The molecule has 0 bridgehead atoms. The normalized spacial score (nSPS) is 12.2. The Balaban J connectivity index is 1.98. The first kappa shape index (κ1) is 14.7. The van der Waals surface area contributed by atoms with Crippen LogP contribution >= 0.6 is 0 Å². The Bertz CT molecular complexity index is 647. The van der Waals surface area contributed by atoms with Crippen LogP contribution < -0.4 is 0 Å². The van der Waals surface area contributed by atoms with E-state index in [9.17, 15) is 15.0 Å². The summed E-state index contributed by atoms with van der Waals surface area (Å²) in [4.78, 5) is 11.7. The molecule has 0 saturated carbocycles. The van der Waals surface area contributed by atoms with Crippen molar-refractivity contribution < 1.29 is 19.7 Å². The SMILES string of the molecule is CC(OC(=O)/C=C/c1ccc(O)c(O)c1)c1ccccc1. The van der Waals surface area contributed by atoms with E-state index in [1.54, 1.807) is 13.0 Å². The number of hydrogen-bond donors (Lipinski definition) is 2. The monoisotopic (exact) mass is 284 g/mol. The average molecular weight is 284 g/mol. The highest BCUT2D eigenvalue weighted by atomic mass is 16.5. The van der Waals surface area contributed by atoms with Gasteiger partial charge in [-0.15, -0.1) is 0 Å².